The first-order valence-corrected chi connectivity index (χ1v) is 11.6. The van der Waals surface area contributed by atoms with Gasteiger partial charge < -0.3 is 4.90 Å². The van der Waals surface area contributed by atoms with Gasteiger partial charge in [-0.1, -0.05) is 0 Å². The van der Waals surface area contributed by atoms with Crippen molar-refractivity contribution >= 4 is 11.6 Å². The monoisotopic (exact) mass is 480 g/mol. The molecule has 0 aliphatic carbocycles. The fourth-order valence-electron chi connectivity index (χ4n) is 5.71. The minimum Gasteiger partial charge on any atom is -0.325 e. The van der Waals surface area contributed by atoms with Crippen molar-refractivity contribution in [1.82, 2.24) is 29.3 Å². The normalized spacial score (nSPS) is 19.3. The quantitative estimate of drug-likeness (QED) is 0.398. The van der Waals surface area contributed by atoms with Gasteiger partial charge in [0.05, 0.1) is 29.3 Å². The van der Waals surface area contributed by atoms with Crippen molar-refractivity contribution in [2.45, 2.75) is 51.6 Å². The second-order valence-electron chi connectivity index (χ2n) is 9.46. The Labute approximate surface area is 199 Å². The molecule has 5 heterocycles. The predicted molar refractivity (Wildman–Crippen MR) is 121 cm³/mol. The molecule has 0 N–H and O–H groups in total. The number of aryl methyl sites for hydroxylation is 3. The number of imidazole rings is 1. The maximum Gasteiger partial charge on any atom is 0.275 e. The highest BCUT2D eigenvalue weighted by molar-refractivity contribution is 5.95. The van der Waals surface area contributed by atoms with Crippen molar-refractivity contribution in [3.8, 4) is 11.3 Å². The Hall–Kier alpha value is -3.69. The van der Waals surface area contributed by atoms with Gasteiger partial charge in [0, 0.05) is 24.2 Å². The van der Waals surface area contributed by atoms with Gasteiger partial charge in [0.15, 0.2) is 28.8 Å². The SMILES string of the molecule is Cc1cnn2c(C(=O)N3[C@@H]4CCC[C@H]3c3nn(C)c(-c5cc(F)c(F)c(F)c5)c3C4)c(C)nc2c1. The summed E-state index contributed by atoms with van der Waals surface area (Å²) in [6, 6.07) is 3.49. The minimum absolute atomic E-state index is 0.109. The molecule has 1 aromatic carbocycles. The van der Waals surface area contributed by atoms with Crippen molar-refractivity contribution in [2.24, 2.45) is 7.05 Å². The van der Waals surface area contributed by atoms with Crippen LogP contribution in [0.1, 0.15) is 58.3 Å². The molecule has 6 rings (SSSR count). The molecule has 4 aromatic rings. The van der Waals surface area contributed by atoms with Gasteiger partial charge in [0.2, 0.25) is 0 Å². The molecule has 35 heavy (non-hydrogen) atoms. The van der Waals surface area contributed by atoms with E-state index in [1.165, 1.54) is 0 Å². The lowest BCUT2D eigenvalue weighted by Crippen LogP contribution is -2.50. The number of hydrogen-bond acceptors (Lipinski definition) is 4. The number of benzene rings is 1. The summed E-state index contributed by atoms with van der Waals surface area (Å²) in [5.41, 5.74) is 4.95. The van der Waals surface area contributed by atoms with E-state index in [1.54, 1.807) is 29.4 Å². The second kappa shape index (κ2) is 7.66. The van der Waals surface area contributed by atoms with Crippen LogP contribution in [-0.2, 0) is 13.5 Å². The van der Waals surface area contributed by atoms with Crippen LogP contribution < -0.4 is 0 Å². The molecule has 7 nitrogen and oxygen atoms in total. The fraction of sp³-hybridized carbons (Fsp3) is 0.360. The Bertz CT molecular complexity index is 1500. The number of amides is 1. The predicted octanol–water partition coefficient (Wildman–Crippen LogP) is 4.46. The lowest BCUT2D eigenvalue weighted by molar-refractivity contribution is 0.0382. The van der Waals surface area contributed by atoms with Gasteiger partial charge in [0.25, 0.3) is 5.91 Å². The van der Waals surface area contributed by atoms with Crippen LogP contribution >= 0.6 is 0 Å². The average molecular weight is 480 g/mol. The molecule has 3 aromatic heterocycles. The number of carbonyl (C=O) groups is 1. The van der Waals surface area contributed by atoms with E-state index >= 15 is 0 Å². The summed E-state index contributed by atoms with van der Waals surface area (Å²) >= 11 is 0. The first-order valence-electron chi connectivity index (χ1n) is 11.6. The van der Waals surface area contributed by atoms with Crippen LogP contribution in [0, 0.1) is 31.3 Å². The number of piperidine rings is 1. The van der Waals surface area contributed by atoms with Crippen molar-refractivity contribution in [2.75, 3.05) is 0 Å². The van der Waals surface area contributed by atoms with E-state index in [0.717, 1.165) is 42.5 Å². The molecule has 1 fully saturated rings. The number of aromatic nitrogens is 5. The van der Waals surface area contributed by atoms with E-state index in [-0.39, 0.29) is 23.6 Å². The summed E-state index contributed by atoms with van der Waals surface area (Å²) in [7, 11) is 1.70. The van der Waals surface area contributed by atoms with E-state index in [2.05, 4.69) is 15.2 Å². The maximum atomic E-state index is 14.0. The molecule has 2 aliphatic heterocycles. The van der Waals surface area contributed by atoms with Crippen LogP contribution in [0.4, 0.5) is 13.2 Å². The van der Waals surface area contributed by atoms with Crippen LogP contribution in [0.15, 0.2) is 24.4 Å². The van der Waals surface area contributed by atoms with Crippen molar-refractivity contribution in [3.63, 3.8) is 0 Å². The molecule has 2 aliphatic rings. The van der Waals surface area contributed by atoms with Crippen molar-refractivity contribution < 1.29 is 18.0 Å². The number of rotatable bonds is 2. The average Bonchev–Trinajstić information content (AvgIpc) is 3.31. The van der Waals surface area contributed by atoms with E-state index < -0.39 is 17.5 Å². The summed E-state index contributed by atoms with van der Waals surface area (Å²) in [4.78, 5) is 20.4. The molecule has 1 saturated heterocycles. The highest BCUT2D eigenvalue weighted by Gasteiger charge is 2.44. The molecule has 180 valence electrons. The summed E-state index contributed by atoms with van der Waals surface area (Å²) in [6.07, 6.45) is 4.65. The van der Waals surface area contributed by atoms with Crippen LogP contribution in [0.3, 0.4) is 0 Å². The van der Waals surface area contributed by atoms with Crippen molar-refractivity contribution in [3.05, 3.63) is 70.1 Å². The zero-order valence-electron chi connectivity index (χ0n) is 19.5. The molecule has 0 unspecified atom stereocenters. The Morgan fingerprint density at radius 3 is 2.57 bits per heavy atom. The summed E-state index contributed by atoms with van der Waals surface area (Å²) in [6.45, 7) is 3.73. The fourth-order valence-corrected chi connectivity index (χ4v) is 5.71. The first-order chi connectivity index (χ1) is 16.7. The number of carbonyl (C=O) groups excluding carboxylic acids is 1. The van der Waals surface area contributed by atoms with Gasteiger partial charge in [-0.3, -0.25) is 9.48 Å². The van der Waals surface area contributed by atoms with Gasteiger partial charge >= 0.3 is 0 Å². The lowest BCUT2D eigenvalue weighted by atomic mass is 9.81. The number of nitrogens with zero attached hydrogens (tertiary/aromatic N) is 6. The van der Waals surface area contributed by atoms with Gasteiger partial charge in [-0.25, -0.2) is 22.7 Å². The minimum atomic E-state index is -1.49. The van der Waals surface area contributed by atoms with Gasteiger partial charge in [-0.2, -0.15) is 10.2 Å². The summed E-state index contributed by atoms with van der Waals surface area (Å²) in [5.74, 6) is -4.13. The van der Waals surface area contributed by atoms with Gasteiger partial charge in [-0.05, 0) is 63.3 Å². The summed E-state index contributed by atoms with van der Waals surface area (Å²) in [5, 5.41) is 9.11. The molecular formula is C25H23F3N6O. The van der Waals surface area contributed by atoms with Gasteiger partial charge in [-0.15, -0.1) is 0 Å². The number of hydrogen-bond donors (Lipinski definition) is 0. The molecule has 0 saturated carbocycles. The summed E-state index contributed by atoms with van der Waals surface area (Å²) < 4.78 is 44.8. The molecule has 0 radical (unpaired) electrons. The molecule has 10 heteroatoms. The topological polar surface area (TPSA) is 68.3 Å². The zero-order chi connectivity index (χ0) is 24.6. The highest BCUT2D eigenvalue weighted by atomic mass is 19.2. The second-order valence-corrected chi connectivity index (χ2v) is 9.46. The first kappa shape index (κ1) is 21.8. The maximum absolute atomic E-state index is 14.0. The zero-order valence-corrected chi connectivity index (χ0v) is 19.5. The Kier molecular flexibility index (Phi) is 4.77. The third-order valence-corrected chi connectivity index (χ3v) is 7.16. The molecule has 0 spiro atoms. The molecule has 2 bridgehead atoms. The smallest absolute Gasteiger partial charge is 0.275 e. The van der Waals surface area contributed by atoms with E-state index in [9.17, 15) is 18.0 Å². The van der Waals surface area contributed by atoms with E-state index in [4.69, 9.17) is 0 Å². The Balaban J connectivity index is 1.46. The van der Waals surface area contributed by atoms with Crippen LogP contribution in [0.25, 0.3) is 16.9 Å². The molecule has 2 atom stereocenters. The number of halogens is 3. The highest BCUT2D eigenvalue weighted by Crippen LogP contribution is 2.45. The largest absolute Gasteiger partial charge is 0.325 e. The van der Waals surface area contributed by atoms with Gasteiger partial charge in [0.1, 0.15) is 0 Å². The Morgan fingerprint density at radius 2 is 1.83 bits per heavy atom. The van der Waals surface area contributed by atoms with Crippen LogP contribution in [0.5, 0.6) is 0 Å². The Morgan fingerprint density at radius 1 is 1.09 bits per heavy atom. The molecular weight excluding hydrogens is 457 g/mol. The van der Waals surface area contributed by atoms with E-state index in [0.29, 0.717) is 34.8 Å². The number of fused-ring (bicyclic) bond motifs is 5. The van der Waals surface area contributed by atoms with E-state index in [1.807, 2.05) is 17.9 Å². The third-order valence-electron chi connectivity index (χ3n) is 7.16. The standard InChI is InChI=1S/C25H23F3N6O/c1-12-7-20-30-13(2)23(34(20)29-11-12)25(35)33-15-5-4-6-19(33)22-16(10-15)24(32(3)31-22)14-8-17(26)21(28)18(27)9-14/h7-9,11,15,19H,4-6,10H2,1-3H3/t15-,19+/m1/s1. The lowest BCUT2D eigenvalue weighted by Gasteiger charge is -2.45. The third kappa shape index (κ3) is 3.19. The molecule has 1 amide bonds. The van der Waals surface area contributed by atoms with Crippen molar-refractivity contribution in [1.29, 1.82) is 0 Å². The van der Waals surface area contributed by atoms with Crippen LogP contribution in [0.2, 0.25) is 0 Å². The van der Waals surface area contributed by atoms with Crippen LogP contribution in [-0.4, -0.2) is 41.2 Å².